The van der Waals surface area contributed by atoms with Crippen LogP contribution in [0.3, 0.4) is 0 Å². The molecule has 0 aromatic heterocycles. The molecule has 3 rings (SSSR count). The van der Waals surface area contributed by atoms with Gasteiger partial charge in [-0.3, -0.25) is 0 Å². The lowest BCUT2D eigenvalue weighted by molar-refractivity contribution is 0.343. The van der Waals surface area contributed by atoms with Gasteiger partial charge in [0.2, 0.25) is 0 Å². The fraction of sp³-hybridized carbons (Fsp3) is 0.368. The molecule has 23 heavy (non-hydrogen) atoms. The number of hydrogen-bond acceptors (Lipinski definition) is 3. The largest absolute Gasteiger partial charge is 0.493 e. The van der Waals surface area contributed by atoms with Crippen molar-refractivity contribution in [2.45, 2.75) is 23.7 Å². The second-order valence-electron chi connectivity index (χ2n) is 5.74. The molecule has 1 N–H and O–H groups in total. The molecule has 1 saturated heterocycles. The van der Waals surface area contributed by atoms with E-state index in [9.17, 15) is 4.39 Å². The molecule has 0 saturated carbocycles. The first-order valence-corrected chi connectivity index (χ1v) is 9.12. The van der Waals surface area contributed by atoms with E-state index in [0.29, 0.717) is 12.5 Å². The smallest absolute Gasteiger partial charge is 0.123 e. The van der Waals surface area contributed by atoms with Crippen LogP contribution in [0.4, 0.5) is 4.39 Å². The first-order chi connectivity index (χ1) is 11.3. The van der Waals surface area contributed by atoms with Gasteiger partial charge in [0.1, 0.15) is 11.6 Å². The predicted molar refractivity (Wildman–Crippen MR) is 93.9 cm³/mol. The fourth-order valence-corrected chi connectivity index (χ4v) is 3.57. The number of nitrogens with one attached hydrogen (secondary N) is 1. The zero-order valence-corrected chi connectivity index (χ0v) is 13.9. The van der Waals surface area contributed by atoms with Crippen molar-refractivity contribution in [3.63, 3.8) is 0 Å². The summed E-state index contributed by atoms with van der Waals surface area (Å²) in [6.07, 6.45) is 2.43. The highest BCUT2D eigenvalue weighted by molar-refractivity contribution is 7.99. The maximum atomic E-state index is 12.8. The van der Waals surface area contributed by atoms with E-state index < -0.39 is 0 Å². The van der Waals surface area contributed by atoms with Crippen LogP contribution in [0.15, 0.2) is 53.4 Å². The first kappa shape index (κ1) is 16.3. The van der Waals surface area contributed by atoms with E-state index in [0.717, 1.165) is 29.5 Å². The Kier molecular flexibility index (Phi) is 5.94. The monoisotopic (exact) mass is 331 g/mol. The van der Waals surface area contributed by atoms with E-state index >= 15 is 0 Å². The molecule has 0 radical (unpaired) electrons. The third-order valence-corrected chi connectivity index (χ3v) is 5.10. The summed E-state index contributed by atoms with van der Waals surface area (Å²) in [5.41, 5.74) is 1.42. The third kappa shape index (κ3) is 4.98. The van der Waals surface area contributed by atoms with Gasteiger partial charge in [-0.05, 0) is 73.8 Å². The summed E-state index contributed by atoms with van der Waals surface area (Å²) >= 11 is 1.68. The van der Waals surface area contributed by atoms with E-state index in [1.54, 1.807) is 23.9 Å². The van der Waals surface area contributed by atoms with E-state index in [1.807, 2.05) is 0 Å². The predicted octanol–water partition coefficient (Wildman–Crippen LogP) is 4.46. The lowest BCUT2D eigenvalue weighted by Gasteiger charge is -2.23. The minimum atomic E-state index is -0.195. The van der Waals surface area contributed by atoms with Gasteiger partial charge in [0.05, 0.1) is 6.61 Å². The molecule has 1 fully saturated rings. The molecule has 1 aliphatic heterocycles. The first-order valence-electron chi connectivity index (χ1n) is 8.13. The number of rotatable bonds is 6. The number of piperidine rings is 1. The van der Waals surface area contributed by atoms with Gasteiger partial charge < -0.3 is 10.1 Å². The second-order valence-corrected chi connectivity index (χ2v) is 6.91. The molecule has 1 aliphatic rings. The van der Waals surface area contributed by atoms with Crippen LogP contribution in [-0.4, -0.2) is 25.4 Å². The highest BCUT2D eigenvalue weighted by Crippen LogP contribution is 2.27. The Morgan fingerprint density at radius 2 is 1.70 bits per heavy atom. The Morgan fingerprint density at radius 1 is 1.00 bits per heavy atom. The number of halogens is 1. The molecule has 2 aromatic carbocycles. The standard InChI is InChI=1S/C19H22FNOS/c20-17-3-7-19(8-4-17)23-14-13-22-18-5-1-15(2-6-18)16-9-11-21-12-10-16/h1-8,16,21H,9-14H2. The van der Waals surface area contributed by atoms with Gasteiger partial charge in [0.15, 0.2) is 0 Å². The van der Waals surface area contributed by atoms with Crippen LogP contribution in [0.5, 0.6) is 5.75 Å². The van der Waals surface area contributed by atoms with Crippen molar-refractivity contribution in [2.24, 2.45) is 0 Å². The Hall–Kier alpha value is -1.52. The molecule has 0 atom stereocenters. The Balaban J connectivity index is 1.42. The summed E-state index contributed by atoms with van der Waals surface area (Å²) < 4.78 is 18.6. The quantitative estimate of drug-likeness (QED) is 0.623. The summed E-state index contributed by atoms with van der Waals surface area (Å²) in [5.74, 6) is 2.25. The highest BCUT2D eigenvalue weighted by atomic mass is 32.2. The van der Waals surface area contributed by atoms with Gasteiger partial charge in [-0.15, -0.1) is 11.8 Å². The van der Waals surface area contributed by atoms with Gasteiger partial charge in [-0.25, -0.2) is 4.39 Å². The molecular weight excluding hydrogens is 309 g/mol. The summed E-state index contributed by atoms with van der Waals surface area (Å²) in [4.78, 5) is 1.07. The van der Waals surface area contributed by atoms with Gasteiger partial charge >= 0.3 is 0 Å². The molecule has 2 aromatic rings. The molecular formula is C19H22FNOS. The number of ether oxygens (including phenoxy) is 1. The van der Waals surface area contributed by atoms with Crippen LogP contribution in [0.2, 0.25) is 0 Å². The lowest BCUT2D eigenvalue weighted by Crippen LogP contribution is -2.26. The number of thioether (sulfide) groups is 1. The van der Waals surface area contributed by atoms with E-state index in [4.69, 9.17) is 4.74 Å². The number of benzene rings is 2. The average Bonchev–Trinajstić information content (AvgIpc) is 2.62. The van der Waals surface area contributed by atoms with E-state index in [-0.39, 0.29) is 5.82 Å². The maximum Gasteiger partial charge on any atom is 0.123 e. The molecule has 1 heterocycles. The Labute approximate surface area is 141 Å². The minimum Gasteiger partial charge on any atom is -0.493 e. The zero-order valence-electron chi connectivity index (χ0n) is 13.1. The summed E-state index contributed by atoms with van der Waals surface area (Å²) in [6.45, 7) is 2.88. The fourth-order valence-electron chi connectivity index (χ4n) is 2.84. The normalized spacial score (nSPS) is 15.5. The van der Waals surface area contributed by atoms with Gasteiger partial charge in [0, 0.05) is 10.6 Å². The van der Waals surface area contributed by atoms with Crippen LogP contribution in [-0.2, 0) is 0 Å². The van der Waals surface area contributed by atoms with Crippen molar-refractivity contribution in [1.29, 1.82) is 0 Å². The van der Waals surface area contributed by atoms with E-state index in [2.05, 4.69) is 29.6 Å². The number of hydrogen-bond donors (Lipinski definition) is 1. The Morgan fingerprint density at radius 3 is 2.39 bits per heavy atom. The molecule has 122 valence electrons. The molecule has 0 aliphatic carbocycles. The SMILES string of the molecule is Fc1ccc(SCCOc2ccc(C3CCNCC3)cc2)cc1. The van der Waals surface area contributed by atoms with Crippen molar-refractivity contribution in [3.8, 4) is 5.75 Å². The van der Waals surface area contributed by atoms with Gasteiger partial charge in [0.25, 0.3) is 0 Å². The molecule has 0 spiro atoms. The Bertz CT molecular complexity index is 594. The van der Waals surface area contributed by atoms with Crippen LogP contribution in [0.1, 0.15) is 24.3 Å². The topological polar surface area (TPSA) is 21.3 Å². The average molecular weight is 331 g/mol. The van der Waals surface area contributed by atoms with Crippen LogP contribution < -0.4 is 10.1 Å². The van der Waals surface area contributed by atoms with E-state index in [1.165, 1.54) is 30.5 Å². The molecule has 0 bridgehead atoms. The lowest BCUT2D eigenvalue weighted by atomic mass is 9.90. The highest BCUT2D eigenvalue weighted by Gasteiger charge is 2.14. The summed E-state index contributed by atoms with van der Waals surface area (Å²) in [7, 11) is 0. The second kappa shape index (κ2) is 8.37. The van der Waals surface area contributed by atoms with Crippen LogP contribution in [0, 0.1) is 5.82 Å². The van der Waals surface area contributed by atoms with Crippen LogP contribution in [0.25, 0.3) is 0 Å². The summed E-state index contributed by atoms with van der Waals surface area (Å²) in [6, 6.07) is 15.1. The van der Waals surface area contributed by atoms with Crippen LogP contribution >= 0.6 is 11.8 Å². The zero-order chi connectivity index (χ0) is 15.9. The van der Waals surface area contributed by atoms with Gasteiger partial charge in [-0.1, -0.05) is 12.1 Å². The van der Waals surface area contributed by atoms with Gasteiger partial charge in [-0.2, -0.15) is 0 Å². The third-order valence-electron chi connectivity index (χ3n) is 4.13. The molecule has 0 unspecified atom stereocenters. The minimum absolute atomic E-state index is 0.195. The molecule has 2 nitrogen and oxygen atoms in total. The van der Waals surface area contributed by atoms with Crippen molar-refractivity contribution < 1.29 is 9.13 Å². The molecule has 0 amide bonds. The maximum absolute atomic E-state index is 12.8. The van der Waals surface area contributed by atoms with Crippen molar-refractivity contribution in [3.05, 3.63) is 59.9 Å². The molecule has 4 heteroatoms. The van der Waals surface area contributed by atoms with Crippen molar-refractivity contribution >= 4 is 11.8 Å². The van der Waals surface area contributed by atoms with Crippen molar-refractivity contribution in [1.82, 2.24) is 5.32 Å². The summed E-state index contributed by atoms with van der Waals surface area (Å²) in [5, 5.41) is 3.40. The van der Waals surface area contributed by atoms with Crippen molar-refractivity contribution in [2.75, 3.05) is 25.4 Å².